The maximum absolute atomic E-state index is 11.9. The lowest BCUT2D eigenvalue weighted by atomic mass is 10.1. The van der Waals surface area contributed by atoms with Crippen LogP contribution >= 0.6 is 0 Å². The van der Waals surface area contributed by atoms with Crippen LogP contribution in [0.3, 0.4) is 0 Å². The summed E-state index contributed by atoms with van der Waals surface area (Å²) in [6, 6.07) is 0.0360. The molecule has 4 N–H and O–H groups in total. The Morgan fingerprint density at radius 1 is 1.71 bits per heavy atom. The highest BCUT2D eigenvalue weighted by Gasteiger charge is 2.29. The number of nitrogen functional groups attached to an aromatic ring is 1. The van der Waals surface area contributed by atoms with Gasteiger partial charge in [-0.15, -0.1) is 0 Å². The van der Waals surface area contributed by atoms with Crippen molar-refractivity contribution in [1.82, 2.24) is 15.1 Å². The minimum Gasteiger partial charge on any atom is -0.396 e. The van der Waals surface area contributed by atoms with Gasteiger partial charge in [-0.3, -0.25) is 9.48 Å². The molecule has 1 fully saturated rings. The Kier molecular flexibility index (Phi) is 3.33. The highest BCUT2D eigenvalue weighted by atomic mass is 16.3. The predicted molar refractivity (Wildman–Crippen MR) is 63.3 cm³/mol. The molecule has 94 valence electrons. The maximum atomic E-state index is 11.9. The van der Waals surface area contributed by atoms with E-state index in [9.17, 15) is 9.90 Å². The minimum atomic E-state index is -0.256. The molecular weight excluding hydrogens is 220 g/mol. The van der Waals surface area contributed by atoms with Gasteiger partial charge in [0.25, 0.3) is 5.91 Å². The topological polar surface area (TPSA) is 93.2 Å². The standard InChI is InChI=1S/C11H18N4O2/c1-15-5-8(12)10(14-15)11(17)13-9-4-2-3-7(9)6-16/h5,7,9,16H,2-4,6,12H2,1H3,(H,13,17). The van der Waals surface area contributed by atoms with Crippen molar-refractivity contribution in [3.05, 3.63) is 11.9 Å². The van der Waals surface area contributed by atoms with E-state index in [0.717, 1.165) is 19.3 Å². The highest BCUT2D eigenvalue weighted by molar-refractivity contribution is 5.97. The van der Waals surface area contributed by atoms with Crippen LogP contribution in [0.25, 0.3) is 0 Å². The average molecular weight is 238 g/mol. The van der Waals surface area contributed by atoms with Crippen LogP contribution < -0.4 is 11.1 Å². The number of hydrogen-bond acceptors (Lipinski definition) is 4. The third kappa shape index (κ3) is 2.41. The van der Waals surface area contributed by atoms with Crippen LogP contribution in [-0.4, -0.2) is 33.4 Å². The van der Waals surface area contributed by atoms with Crippen LogP contribution in [0.4, 0.5) is 5.69 Å². The number of nitrogens with one attached hydrogen (secondary N) is 1. The van der Waals surface area contributed by atoms with E-state index in [0.29, 0.717) is 5.69 Å². The van der Waals surface area contributed by atoms with Gasteiger partial charge < -0.3 is 16.2 Å². The van der Waals surface area contributed by atoms with Gasteiger partial charge >= 0.3 is 0 Å². The van der Waals surface area contributed by atoms with Crippen LogP contribution in [-0.2, 0) is 7.05 Å². The molecule has 1 saturated carbocycles. The first kappa shape index (κ1) is 11.9. The van der Waals surface area contributed by atoms with E-state index in [2.05, 4.69) is 10.4 Å². The predicted octanol–water partition coefficient (Wildman–Crippen LogP) is -0.107. The van der Waals surface area contributed by atoms with Gasteiger partial charge in [-0.2, -0.15) is 5.10 Å². The van der Waals surface area contributed by atoms with E-state index in [1.165, 1.54) is 4.68 Å². The van der Waals surface area contributed by atoms with Crippen LogP contribution in [0.2, 0.25) is 0 Å². The molecule has 1 aliphatic rings. The number of hydrogen-bond donors (Lipinski definition) is 3. The van der Waals surface area contributed by atoms with Crippen molar-refractivity contribution in [2.45, 2.75) is 25.3 Å². The number of aliphatic hydroxyl groups is 1. The first-order valence-electron chi connectivity index (χ1n) is 5.82. The number of aryl methyl sites for hydroxylation is 1. The van der Waals surface area contributed by atoms with Gasteiger partial charge in [-0.25, -0.2) is 0 Å². The Morgan fingerprint density at radius 2 is 2.47 bits per heavy atom. The minimum absolute atomic E-state index is 0.0360. The summed E-state index contributed by atoms with van der Waals surface area (Å²) in [5, 5.41) is 16.1. The SMILES string of the molecule is Cn1cc(N)c(C(=O)NC2CCCC2CO)n1. The summed E-state index contributed by atoms with van der Waals surface area (Å²) in [4.78, 5) is 11.9. The average Bonchev–Trinajstić information content (AvgIpc) is 2.84. The van der Waals surface area contributed by atoms with Gasteiger partial charge in [0.05, 0.1) is 5.69 Å². The number of rotatable bonds is 3. The number of amides is 1. The summed E-state index contributed by atoms with van der Waals surface area (Å²) in [5.74, 6) is -0.0997. The Bertz CT molecular complexity index is 416. The molecule has 1 aromatic rings. The number of aliphatic hydroxyl groups excluding tert-OH is 1. The fourth-order valence-electron chi connectivity index (χ4n) is 2.37. The fraction of sp³-hybridized carbons (Fsp3) is 0.636. The van der Waals surface area contributed by atoms with E-state index in [-0.39, 0.29) is 30.2 Å². The summed E-state index contributed by atoms with van der Waals surface area (Å²) in [6.45, 7) is 0.114. The van der Waals surface area contributed by atoms with Crippen molar-refractivity contribution in [3.8, 4) is 0 Å². The Labute approximate surface area is 99.8 Å². The molecule has 0 radical (unpaired) electrons. The second-order valence-corrected chi connectivity index (χ2v) is 4.56. The van der Waals surface area contributed by atoms with Crippen molar-refractivity contribution in [1.29, 1.82) is 0 Å². The third-order valence-corrected chi connectivity index (χ3v) is 3.28. The lowest BCUT2D eigenvalue weighted by Crippen LogP contribution is -2.39. The summed E-state index contributed by atoms with van der Waals surface area (Å²) in [7, 11) is 1.72. The van der Waals surface area contributed by atoms with Crippen molar-refractivity contribution in [2.24, 2.45) is 13.0 Å². The highest BCUT2D eigenvalue weighted by Crippen LogP contribution is 2.25. The molecule has 17 heavy (non-hydrogen) atoms. The van der Waals surface area contributed by atoms with E-state index in [1.807, 2.05) is 0 Å². The monoisotopic (exact) mass is 238 g/mol. The van der Waals surface area contributed by atoms with Gasteiger partial charge in [0.1, 0.15) is 0 Å². The second kappa shape index (κ2) is 4.75. The lowest BCUT2D eigenvalue weighted by molar-refractivity contribution is 0.0911. The summed E-state index contributed by atoms with van der Waals surface area (Å²) in [5.41, 5.74) is 6.33. The first-order valence-corrected chi connectivity index (χ1v) is 5.82. The molecule has 6 nitrogen and oxygen atoms in total. The molecule has 2 atom stereocenters. The third-order valence-electron chi connectivity index (χ3n) is 3.28. The number of nitrogens with zero attached hydrogens (tertiary/aromatic N) is 2. The van der Waals surface area contributed by atoms with Gasteiger partial charge in [0, 0.05) is 31.8 Å². The Morgan fingerprint density at radius 3 is 3.06 bits per heavy atom. The van der Waals surface area contributed by atoms with Crippen molar-refractivity contribution >= 4 is 11.6 Å². The fourth-order valence-corrected chi connectivity index (χ4v) is 2.37. The molecule has 6 heteroatoms. The zero-order valence-electron chi connectivity index (χ0n) is 9.89. The number of nitrogens with two attached hydrogens (primary N) is 1. The normalized spacial score (nSPS) is 23.9. The summed E-state index contributed by atoms with van der Waals surface area (Å²) < 4.78 is 1.52. The summed E-state index contributed by atoms with van der Waals surface area (Å²) in [6.07, 6.45) is 4.50. The largest absolute Gasteiger partial charge is 0.396 e. The summed E-state index contributed by atoms with van der Waals surface area (Å²) >= 11 is 0. The van der Waals surface area contributed by atoms with Gasteiger partial charge in [0.2, 0.25) is 0 Å². The first-order chi connectivity index (χ1) is 8.11. The second-order valence-electron chi connectivity index (χ2n) is 4.56. The van der Waals surface area contributed by atoms with Gasteiger partial charge in [-0.1, -0.05) is 6.42 Å². The van der Waals surface area contributed by atoms with E-state index < -0.39 is 0 Å². The van der Waals surface area contributed by atoms with Crippen molar-refractivity contribution < 1.29 is 9.90 Å². The number of carbonyl (C=O) groups excluding carboxylic acids is 1. The molecule has 2 rings (SSSR count). The van der Waals surface area contributed by atoms with Crippen molar-refractivity contribution in [3.63, 3.8) is 0 Å². The van der Waals surface area contributed by atoms with Crippen LogP contribution in [0.1, 0.15) is 29.8 Å². The number of carbonyl (C=O) groups is 1. The molecule has 1 aliphatic carbocycles. The molecule has 1 heterocycles. The molecule has 2 unspecified atom stereocenters. The molecule has 1 aromatic heterocycles. The van der Waals surface area contributed by atoms with Crippen LogP contribution in [0.5, 0.6) is 0 Å². The quantitative estimate of drug-likeness (QED) is 0.685. The zero-order chi connectivity index (χ0) is 12.4. The number of anilines is 1. The van der Waals surface area contributed by atoms with Gasteiger partial charge in [0.15, 0.2) is 5.69 Å². The smallest absolute Gasteiger partial charge is 0.274 e. The molecule has 0 spiro atoms. The van der Waals surface area contributed by atoms with Crippen LogP contribution in [0.15, 0.2) is 6.20 Å². The van der Waals surface area contributed by atoms with E-state index >= 15 is 0 Å². The molecule has 0 bridgehead atoms. The van der Waals surface area contributed by atoms with E-state index in [1.54, 1.807) is 13.2 Å². The van der Waals surface area contributed by atoms with Gasteiger partial charge in [-0.05, 0) is 12.8 Å². The molecule has 0 aliphatic heterocycles. The lowest BCUT2D eigenvalue weighted by Gasteiger charge is -2.18. The molecule has 1 amide bonds. The molecule has 0 aromatic carbocycles. The zero-order valence-corrected chi connectivity index (χ0v) is 9.89. The van der Waals surface area contributed by atoms with Crippen molar-refractivity contribution in [2.75, 3.05) is 12.3 Å². The Balaban J connectivity index is 2.04. The number of aromatic nitrogens is 2. The molecule has 0 saturated heterocycles. The van der Waals surface area contributed by atoms with Crippen LogP contribution in [0, 0.1) is 5.92 Å². The Hall–Kier alpha value is -1.56. The maximum Gasteiger partial charge on any atom is 0.274 e. The molecular formula is C11H18N4O2. The van der Waals surface area contributed by atoms with E-state index in [4.69, 9.17) is 5.73 Å².